The molecule has 0 aromatic heterocycles. The van der Waals surface area contributed by atoms with Crippen LogP contribution in [0, 0.1) is 0 Å². The summed E-state index contributed by atoms with van der Waals surface area (Å²) in [5, 5.41) is 12.9. The molecule has 0 spiro atoms. The van der Waals surface area contributed by atoms with E-state index in [0.717, 1.165) is 25.9 Å². The summed E-state index contributed by atoms with van der Waals surface area (Å²) in [7, 11) is 0. The summed E-state index contributed by atoms with van der Waals surface area (Å²) >= 11 is 0. The van der Waals surface area contributed by atoms with E-state index in [1.165, 1.54) is 11.1 Å². The van der Waals surface area contributed by atoms with E-state index in [0.29, 0.717) is 11.7 Å². The Kier molecular flexibility index (Phi) is 2.73. The minimum atomic E-state index is 0.393. The van der Waals surface area contributed by atoms with E-state index >= 15 is 0 Å². The SMILES string of the molecule is CC1CCNCCc2ccc(O)cc21. The van der Waals surface area contributed by atoms with Crippen LogP contribution in [0.25, 0.3) is 0 Å². The van der Waals surface area contributed by atoms with Crippen molar-refractivity contribution in [2.45, 2.75) is 25.7 Å². The van der Waals surface area contributed by atoms with Crippen LogP contribution < -0.4 is 5.32 Å². The van der Waals surface area contributed by atoms with E-state index in [-0.39, 0.29) is 0 Å². The lowest BCUT2D eigenvalue weighted by Gasteiger charge is -2.20. The average molecular weight is 191 g/mol. The molecule has 0 aliphatic carbocycles. The first-order valence-corrected chi connectivity index (χ1v) is 5.30. The molecule has 0 fully saturated rings. The minimum absolute atomic E-state index is 0.393. The van der Waals surface area contributed by atoms with Gasteiger partial charge >= 0.3 is 0 Å². The zero-order valence-corrected chi connectivity index (χ0v) is 8.59. The number of fused-ring (bicyclic) bond motifs is 1. The van der Waals surface area contributed by atoms with Gasteiger partial charge in [-0.25, -0.2) is 0 Å². The first-order valence-electron chi connectivity index (χ1n) is 5.30. The van der Waals surface area contributed by atoms with Crippen LogP contribution in [0.5, 0.6) is 5.75 Å². The summed E-state index contributed by atoms with van der Waals surface area (Å²) in [6.07, 6.45) is 2.22. The predicted molar refractivity (Wildman–Crippen MR) is 57.7 cm³/mol. The van der Waals surface area contributed by atoms with Gasteiger partial charge in [0.2, 0.25) is 0 Å². The Balaban J connectivity index is 2.36. The smallest absolute Gasteiger partial charge is 0.115 e. The van der Waals surface area contributed by atoms with E-state index < -0.39 is 0 Å². The van der Waals surface area contributed by atoms with Crippen LogP contribution in [0.3, 0.4) is 0 Å². The fourth-order valence-corrected chi connectivity index (χ4v) is 2.09. The summed E-state index contributed by atoms with van der Waals surface area (Å²) in [6.45, 7) is 4.35. The van der Waals surface area contributed by atoms with Crippen molar-refractivity contribution in [1.29, 1.82) is 0 Å². The topological polar surface area (TPSA) is 32.3 Å². The van der Waals surface area contributed by atoms with Gasteiger partial charge < -0.3 is 10.4 Å². The van der Waals surface area contributed by atoms with Crippen molar-refractivity contribution < 1.29 is 5.11 Å². The van der Waals surface area contributed by atoms with Gasteiger partial charge in [-0.3, -0.25) is 0 Å². The maximum absolute atomic E-state index is 9.45. The summed E-state index contributed by atoms with van der Waals surface area (Å²) in [6, 6.07) is 5.76. The van der Waals surface area contributed by atoms with Crippen LogP contribution in [0.2, 0.25) is 0 Å². The van der Waals surface area contributed by atoms with Gasteiger partial charge in [0.25, 0.3) is 0 Å². The molecule has 1 heterocycles. The Morgan fingerprint density at radius 1 is 1.36 bits per heavy atom. The van der Waals surface area contributed by atoms with Crippen molar-refractivity contribution in [3.8, 4) is 5.75 Å². The Morgan fingerprint density at radius 2 is 2.21 bits per heavy atom. The largest absolute Gasteiger partial charge is 0.508 e. The number of phenolic OH excluding ortho intramolecular Hbond substituents is 1. The maximum atomic E-state index is 9.45. The quantitative estimate of drug-likeness (QED) is 0.657. The fraction of sp³-hybridized carbons (Fsp3) is 0.500. The Morgan fingerprint density at radius 3 is 3.07 bits per heavy atom. The standard InChI is InChI=1S/C12H17NO/c1-9-4-6-13-7-5-10-2-3-11(14)8-12(9)10/h2-3,8-9,13-14H,4-7H2,1H3. The van der Waals surface area contributed by atoms with Crippen molar-refractivity contribution in [3.63, 3.8) is 0 Å². The molecule has 0 radical (unpaired) electrons. The Labute approximate surface area is 85.0 Å². The lowest BCUT2D eigenvalue weighted by Crippen LogP contribution is -2.23. The first kappa shape index (κ1) is 9.53. The van der Waals surface area contributed by atoms with Crippen LogP contribution in [0.15, 0.2) is 18.2 Å². The third-order valence-electron chi connectivity index (χ3n) is 2.99. The molecule has 2 N–H and O–H groups in total. The van der Waals surface area contributed by atoms with Gasteiger partial charge in [-0.2, -0.15) is 0 Å². The van der Waals surface area contributed by atoms with E-state index in [2.05, 4.69) is 12.2 Å². The third kappa shape index (κ3) is 1.90. The summed E-state index contributed by atoms with van der Waals surface area (Å²) in [4.78, 5) is 0. The van der Waals surface area contributed by atoms with E-state index in [4.69, 9.17) is 0 Å². The van der Waals surface area contributed by atoms with Gasteiger partial charge in [0.1, 0.15) is 5.75 Å². The van der Waals surface area contributed by atoms with Crippen LogP contribution in [-0.2, 0) is 6.42 Å². The van der Waals surface area contributed by atoms with Crippen LogP contribution in [0.1, 0.15) is 30.4 Å². The van der Waals surface area contributed by atoms with Crippen molar-refractivity contribution >= 4 is 0 Å². The second kappa shape index (κ2) is 4.01. The molecule has 0 saturated carbocycles. The highest BCUT2D eigenvalue weighted by molar-refractivity contribution is 5.37. The number of nitrogens with one attached hydrogen (secondary N) is 1. The molecule has 2 rings (SSSR count). The zero-order chi connectivity index (χ0) is 9.97. The highest BCUT2D eigenvalue weighted by Gasteiger charge is 2.13. The maximum Gasteiger partial charge on any atom is 0.115 e. The summed E-state index contributed by atoms with van der Waals surface area (Å²) < 4.78 is 0. The molecule has 1 aliphatic heterocycles. The van der Waals surface area contributed by atoms with Crippen molar-refractivity contribution in [2.24, 2.45) is 0 Å². The predicted octanol–water partition coefficient (Wildman–Crippen LogP) is 2.03. The van der Waals surface area contributed by atoms with Gasteiger partial charge in [0.05, 0.1) is 0 Å². The monoisotopic (exact) mass is 191 g/mol. The molecule has 14 heavy (non-hydrogen) atoms. The zero-order valence-electron chi connectivity index (χ0n) is 8.59. The number of rotatable bonds is 0. The van der Waals surface area contributed by atoms with E-state index in [9.17, 15) is 5.11 Å². The number of aromatic hydroxyl groups is 1. The van der Waals surface area contributed by atoms with E-state index in [1.54, 1.807) is 6.07 Å². The minimum Gasteiger partial charge on any atom is -0.508 e. The molecular weight excluding hydrogens is 174 g/mol. The summed E-state index contributed by atoms with van der Waals surface area (Å²) in [5.74, 6) is 0.939. The second-order valence-electron chi connectivity index (χ2n) is 4.07. The molecular formula is C12H17NO. The Bertz CT molecular complexity index is 322. The van der Waals surface area contributed by atoms with Gasteiger partial charge in [-0.1, -0.05) is 13.0 Å². The number of phenols is 1. The van der Waals surface area contributed by atoms with Crippen molar-refractivity contribution in [1.82, 2.24) is 5.32 Å². The average Bonchev–Trinajstić information content (AvgIpc) is 2.16. The third-order valence-corrected chi connectivity index (χ3v) is 2.99. The molecule has 0 saturated heterocycles. The molecule has 0 bridgehead atoms. The first-order chi connectivity index (χ1) is 6.77. The lowest BCUT2D eigenvalue weighted by atomic mass is 9.90. The lowest BCUT2D eigenvalue weighted by molar-refractivity contribution is 0.471. The van der Waals surface area contributed by atoms with Gasteiger partial charge in [0, 0.05) is 0 Å². The normalized spacial score (nSPS) is 22.2. The van der Waals surface area contributed by atoms with Crippen molar-refractivity contribution in [2.75, 3.05) is 13.1 Å². The number of hydrogen-bond donors (Lipinski definition) is 2. The van der Waals surface area contributed by atoms with Crippen LogP contribution in [0.4, 0.5) is 0 Å². The molecule has 1 aromatic rings. The molecule has 0 amide bonds. The highest BCUT2D eigenvalue weighted by Crippen LogP contribution is 2.27. The van der Waals surface area contributed by atoms with Crippen LogP contribution >= 0.6 is 0 Å². The molecule has 1 aromatic carbocycles. The van der Waals surface area contributed by atoms with Crippen LogP contribution in [-0.4, -0.2) is 18.2 Å². The highest BCUT2D eigenvalue weighted by atomic mass is 16.3. The molecule has 1 aliphatic rings. The van der Waals surface area contributed by atoms with Crippen molar-refractivity contribution in [3.05, 3.63) is 29.3 Å². The fourth-order valence-electron chi connectivity index (χ4n) is 2.09. The van der Waals surface area contributed by atoms with Gasteiger partial charge in [0.15, 0.2) is 0 Å². The molecule has 1 atom stereocenters. The number of hydrogen-bond acceptors (Lipinski definition) is 2. The molecule has 2 heteroatoms. The second-order valence-corrected chi connectivity index (χ2v) is 4.07. The summed E-state index contributed by atoms with van der Waals surface area (Å²) in [5.41, 5.74) is 2.70. The van der Waals surface area contributed by atoms with E-state index in [1.807, 2.05) is 12.1 Å². The molecule has 1 unspecified atom stereocenters. The Hall–Kier alpha value is -1.02. The van der Waals surface area contributed by atoms with Gasteiger partial charge in [-0.05, 0) is 55.1 Å². The molecule has 76 valence electrons. The van der Waals surface area contributed by atoms with Gasteiger partial charge in [-0.15, -0.1) is 0 Å². The number of benzene rings is 1. The molecule has 2 nitrogen and oxygen atoms in total.